The highest BCUT2D eigenvalue weighted by Crippen LogP contribution is 2.16. The van der Waals surface area contributed by atoms with Gasteiger partial charge >= 0.3 is 0 Å². The number of rotatable bonds is 7. The summed E-state index contributed by atoms with van der Waals surface area (Å²) >= 11 is 0. The van der Waals surface area contributed by atoms with Gasteiger partial charge < -0.3 is 10.6 Å². The van der Waals surface area contributed by atoms with Crippen molar-refractivity contribution in [1.82, 2.24) is 4.90 Å². The van der Waals surface area contributed by atoms with Gasteiger partial charge in [-0.2, -0.15) is 0 Å². The van der Waals surface area contributed by atoms with Crippen LogP contribution in [-0.2, 0) is 4.79 Å². The minimum absolute atomic E-state index is 0.101. The molecule has 1 fully saturated rings. The molecule has 0 aromatic heterocycles. The number of carbonyl (C=O) groups is 1. The highest BCUT2D eigenvalue weighted by molar-refractivity contribution is 5.76. The number of primary amides is 1. The zero-order valence-electron chi connectivity index (χ0n) is 10.6. The van der Waals surface area contributed by atoms with E-state index in [0.717, 1.165) is 32.5 Å². The molecule has 1 aliphatic rings. The number of piperidine rings is 1. The molecule has 3 nitrogen and oxygen atoms in total. The van der Waals surface area contributed by atoms with Crippen molar-refractivity contribution in [3.05, 3.63) is 0 Å². The van der Waals surface area contributed by atoms with E-state index in [1.165, 1.54) is 32.1 Å². The van der Waals surface area contributed by atoms with Crippen LogP contribution < -0.4 is 5.73 Å². The average molecular weight is 226 g/mol. The van der Waals surface area contributed by atoms with Crippen molar-refractivity contribution in [1.29, 1.82) is 0 Å². The van der Waals surface area contributed by atoms with Gasteiger partial charge in [0.25, 0.3) is 0 Å². The van der Waals surface area contributed by atoms with E-state index >= 15 is 0 Å². The van der Waals surface area contributed by atoms with Crippen LogP contribution in [0.4, 0.5) is 0 Å². The second-order valence-electron chi connectivity index (χ2n) is 4.96. The van der Waals surface area contributed by atoms with Crippen molar-refractivity contribution >= 4 is 5.91 Å². The summed E-state index contributed by atoms with van der Waals surface area (Å²) in [6.45, 7) is 5.43. The van der Waals surface area contributed by atoms with E-state index in [2.05, 4.69) is 11.8 Å². The van der Waals surface area contributed by atoms with Crippen molar-refractivity contribution in [3.8, 4) is 0 Å². The van der Waals surface area contributed by atoms with Crippen LogP contribution in [0.1, 0.15) is 51.9 Å². The first-order valence-corrected chi connectivity index (χ1v) is 6.75. The van der Waals surface area contributed by atoms with Crippen LogP contribution in [0.2, 0.25) is 0 Å². The number of hydrogen-bond donors (Lipinski definition) is 1. The summed E-state index contributed by atoms with van der Waals surface area (Å²) in [7, 11) is 0. The number of carbonyl (C=O) groups excluding carboxylic acids is 1. The number of amides is 1. The molecule has 1 rings (SSSR count). The number of hydrogen-bond acceptors (Lipinski definition) is 2. The van der Waals surface area contributed by atoms with Crippen molar-refractivity contribution in [2.75, 3.05) is 19.6 Å². The molecule has 1 heterocycles. The van der Waals surface area contributed by atoms with Crippen LogP contribution in [0.5, 0.6) is 0 Å². The van der Waals surface area contributed by atoms with Crippen LogP contribution in [-0.4, -0.2) is 30.4 Å². The normalized spacial score (nSPS) is 22.2. The van der Waals surface area contributed by atoms with E-state index in [-0.39, 0.29) is 11.8 Å². The summed E-state index contributed by atoms with van der Waals surface area (Å²) in [4.78, 5) is 13.5. The van der Waals surface area contributed by atoms with E-state index in [1.54, 1.807) is 0 Å². The Kier molecular flexibility index (Phi) is 6.46. The third-order valence-electron chi connectivity index (χ3n) is 3.49. The zero-order chi connectivity index (χ0) is 11.8. The fourth-order valence-electron chi connectivity index (χ4n) is 2.43. The van der Waals surface area contributed by atoms with Gasteiger partial charge in [-0.1, -0.05) is 32.6 Å². The van der Waals surface area contributed by atoms with Crippen LogP contribution in [0.25, 0.3) is 0 Å². The molecule has 1 aliphatic heterocycles. The molecule has 3 heteroatoms. The second-order valence-corrected chi connectivity index (χ2v) is 4.96. The van der Waals surface area contributed by atoms with Gasteiger partial charge in [-0.3, -0.25) is 4.79 Å². The number of unbranched alkanes of at least 4 members (excludes halogenated alkanes) is 4. The first kappa shape index (κ1) is 13.5. The molecule has 2 N–H and O–H groups in total. The lowest BCUT2D eigenvalue weighted by Gasteiger charge is -2.31. The molecule has 0 radical (unpaired) electrons. The second kappa shape index (κ2) is 7.66. The topological polar surface area (TPSA) is 46.3 Å². The van der Waals surface area contributed by atoms with Gasteiger partial charge in [0.15, 0.2) is 0 Å². The molecule has 0 aliphatic carbocycles. The molecule has 0 saturated carbocycles. The van der Waals surface area contributed by atoms with Gasteiger partial charge in [0, 0.05) is 6.54 Å². The molecular weight excluding hydrogens is 200 g/mol. The Morgan fingerprint density at radius 2 is 2.06 bits per heavy atom. The summed E-state index contributed by atoms with van der Waals surface area (Å²) in [5.74, 6) is -0.0138. The Balaban J connectivity index is 2.10. The van der Waals surface area contributed by atoms with Gasteiger partial charge in [-0.05, 0) is 32.4 Å². The van der Waals surface area contributed by atoms with Crippen molar-refractivity contribution in [3.63, 3.8) is 0 Å². The first-order chi connectivity index (χ1) is 7.74. The van der Waals surface area contributed by atoms with E-state index in [9.17, 15) is 4.79 Å². The van der Waals surface area contributed by atoms with Crippen LogP contribution in [0.3, 0.4) is 0 Å². The molecule has 1 atom stereocenters. The van der Waals surface area contributed by atoms with Crippen molar-refractivity contribution in [2.24, 2.45) is 11.7 Å². The molecule has 16 heavy (non-hydrogen) atoms. The van der Waals surface area contributed by atoms with Gasteiger partial charge in [-0.25, -0.2) is 0 Å². The largest absolute Gasteiger partial charge is 0.369 e. The summed E-state index contributed by atoms with van der Waals surface area (Å²) in [6, 6.07) is 0. The number of nitrogens with zero attached hydrogens (tertiary/aromatic N) is 1. The summed E-state index contributed by atoms with van der Waals surface area (Å²) < 4.78 is 0. The van der Waals surface area contributed by atoms with E-state index in [1.807, 2.05) is 0 Å². The average Bonchev–Trinajstić information content (AvgIpc) is 2.29. The molecule has 94 valence electrons. The lowest BCUT2D eigenvalue weighted by Crippen LogP contribution is -2.41. The van der Waals surface area contributed by atoms with E-state index in [0.29, 0.717) is 0 Å². The lowest BCUT2D eigenvalue weighted by molar-refractivity contribution is -0.123. The Hall–Kier alpha value is -0.570. The maximum absolute atomic E-state index is 11.1. The minimum Gasteiger partial charge on any atom is -0.369 e. The van der Waals surface area contributed by atoms with Crippen LogP contribution in [0.15, 0.2) is 0 Å². The molecule has 0 spiro atoms. The highest BCUT2D eigenvalue weighted by atomic mass is 16.1. The molecular formula is C13H26N2O. The monoisotopic (exact) mass is 226 g/mol. The maximum Gasteiger partial charge on any atom is 0.221 e. The summed E-state index contributed by atoms with van der Waals surface area (Å²) in [5, 5.41) is 0. The number of nitrogens with two attached hydrogens (primary N) is 1. The van der Waals surface area contributed by atoms with Crippen molar-refractivity contribution in [2.45, 2.75) is 51.9 Å². The Bertz CT molecular complexity index is 206. The maximum atomic E-state index is 11.1. The Morgan fingerprint density at radius 3 is 2.75 bits per heavy atom. The summed E-state index contributed by atoms with van der Waals surface area (Å²) in [6.07, 6.45) is 8.71. The first-order valence-electron chi connectivity index (χ1n) is 6.75. The fraction of sp³-hybridized carbons (Fsp3) is 0.923. The molecule has 1 saturated heterocycles. The lowest BCUT2D eigenvalue weighted by atomic mass is 9.97. The zero-order valence-corrected chi connectivity index (χ0v) is 10.6. The van der Waals surface area contributed by atoms with Crippen LogP contribution >= 0.6 is 0 Å². The van der Waals surface area contributed by atoms with Gasteiger partial charge in [0.1, 0.15) is 0 Å². The van der Waals surface area contributed by atoms with Gasteiger partial charge in [0.05, 0.1) is 5.92 Å². The molecule has 0 aromatic rings. The number of likely N-dealkylation sites (tertiary alicyclic amines) is 1. The molecule has 0 aromatic carbocycles. The third-order valence-corrected chi connectivity index (χ3v) is 3.49. The SMILES string of the molecule is CCCCCCCN1CCCC(C(N)=O)C1. The smallest absolute Gasteiger partial charge is 0.221 e. The van der Waals surface area contributed by atoms with E-state index < -0.39 is 0 Å². The quantitative estimate of drug-likeness (QED) is 0.676. The Labute approximate surface area is 99.4 Å². The molecule has 0 bridgehead atoms. The van der Waals surface area contributed by atoms with Gasteiger partial charge in [-0.15, -0.1) is 0 Å². The van der Waals surface area contributed by atoms with Crippen LogP contribution in [0, 0.1) is 5.92 Å². The predicted octanol–water partition coefficient (Wildman–Crippen LogP) is 2.15. The third kappa shape index (κ3) is 4.97. The molecule has 1 unspecified atom stereocenters. The summed E-state index contributed by atoms with van der Waals surface area (Å²) in [5.41, 5.74) is 5.36. The molecule has 1 amide bonds. The Morgan fingerprint density at radius 1 is 1.31 bits per heavy atom. The van der Waals surface area contributed by atoms with Crippen molar-refractivity contribution < 1.29 is 4.79 Å². The fourth-order valence-corrected chi connectivity index (χ4v) is 2.43. The standard InChI is InChI=1S/C13H26N2O/c1-2-3-4-5-6-9-15-10-7-8-12(11-15)13(14)16/h12H,2-11H2,1H3,(H2,14,16). The van der Waals surface area contributed by atoms with E-state index in [4.69, 9.17) is 5.73 Å². The highest BCUT2D eigenvalue weighted by Gasteiger charge is 2.23. The minimum atomic E-state index is -0.115. The predicted molar refractivity (Wildman–Crippen MR) is 67.1 cm³/mol. The van der Waals surface area contributed by atoms with Gasteiger partial charge in [0.2, 0.25) is 5.91 Å².